The van der Waals surface area contributed by atoms with Gasteiger partial charge in [0, 0.05) is 10.6 Å². The van der Waals surface area contributed by atoms with Gasteiger partial charge in [-0.3, -0.25) is 4.79 Å². The largest absolute Gasteiger partial charge is 0.488 e. The molecule has 30 heavy (non-hydrogen) atoms. The van der Waals surface area contributed by atoms with E-state index < -0.39 is 0 Å². The molecular weight excluding hydrogens is 484 g/mol. The smallest absolute Gasteiger partial charge is 0.264 e. The van der Waals surface area contributed by atoms with E-state index in [0.717, 1.165) is 21.3 Å². The van der Waals surface area contributed by atoms with Crippen molar-refractivity contribution in [1.82, 2.24) is 5.32 Å². The summed E-state index contributed by atoms with van der Waals surface area (Å²) in [6.07, 6.45) is 1.83. The fourth-order valence-electron chi connectivity index (χ4n) is 2.75. The molecule has 0 aliphatic carbocycles. The fourth-order valence-corrected chi connectivity index (χ4v) is 4.29. The number of para-hydroxylation sites is 1. The maximum Gasteiger partial charge on any atom is 0.264 e. The van der Waals surface area contributed by atoms with Crippen LogP contribution in [-0.2, 0) is 11.4 Å². The highest BCUT2D eigenvalue weighted by molar-refractivity contribution is 9.10. The van der Waals surface area contributed by atoms with Crippen LogP contribution in [0.3, 0.4) is 0 Å². The van der Waals surface area contributed by atoms with Crippen LogP contribution in [0, 0.1) is 0 Å². The Hall–Kier alpha value is -2.54. The van der Waals surface area contributed by atoms with Gasteiger partial charge in [-0.1, -0.05) is 54.1 Å². The summed E-state index contributed by atoms with van der Waals surface area (Å²) in [7, 11) is 0. The van der Waals surface area contributed by atoms with E-state index in [1.165, 1.54) is 11.8 Å². The number of thioether (sulfide) groups is 1. The van der Waals surface area contributed by atoms with Crippen molar-refractivity contribution >= 4 is 62.1 Å². The summed E-state index contributed by atoms with van der Waals surface area (Å²) in [5.41, 5.74) is 2.59. The zero-order valence-corrected chi connectivity index (χ0v) is 18.8. The van der Waals surface area contributed by atoms with Gasteiger partial charge in [-0.2, -0.15) is 0 Å². The molecule has 4 rings (SSSR count). The molecule has 1 saturated heterocycles. The Morgan fingerprint density at radius 3 is 2.60 bits per heavy atom. The number of amides is 1. The molecule has 1 N–H and O–H groups in total. The van der Waals surface area contributed by atoms with Crippen LogP contribution in [0.4, 0.5) is 5.69 Å². The first kappa shape index (κ1) is 20.7. The van der Waals surface area contributed by atoms with Crippen molar-refractivity contribution in [1.29, 1.82) is 0 Å². The molecule has 0 radical (unpaired) electrons. The van der Waals surface area contributed by atoms with E-state index in [9.17, 15) is 4.79 Å². The number of carbonyl (C=O) groups is 1. The van der Waals surface area contributed by atoms with Gasteiger partial charge < -0.3 is 10.1 Å². The van der Waals surface area contributed by atoms with Crippen molar-refractivity contribution in [2.75, 3.05) is 0 Å². The summed E-state index contributed by atoms with van der Waals surface area (Å²) in [6.45, 7) is 0.371. The monoisotopic (exact) mass is 498 g/mol. The third-order valence-corrected chi connectivity index (χ3v) is 6.13. The van der Waals surface area contributed by atoms with Crippen LogP contribution >= 0.6 is 39.3 Å². The van der Waals surface area contributed by atoms with Crippen LogP contribution in [0.15, 0.2) is 87.2 Å². The predicted octanol–water partition coefficient (Wildman–Crippen LogP) is 6.57. The topological polar surface area (TPSA) is 50.7 Å². The van der Waals surface area contributed by atoms with E-state index in [-0.39, 0.29) is 5.91 Å². The second-order valence-electron chi connectivity index (χ2n) is 6.39. The number of halogens is 2. The number of amidine groups is 1. The lowest BCUT2D eigenvalue weighted by Crippen LogP contribution is -2.19. The van der Waals surface area contributed by atoms with Gasteiger partial charge in [0.25, 0.3) is 5.91 Å². The molecule has 0 bridgehead atoms. The first-order valence-electron chi connectivity index (χ1n) is 9.09. The Labute approximate surface area is 192 Å². The molecule has 1 aliphatic heterocycles. The maximum atomic E-state index is 12.3. The number of nitrogens with one attached hydrogen (secondary N) is 1. The molecule has 0 aromatic heterocycles. The Balaban J connectivity index is 1.46. The van der Waals surface area contributed by atoms with Crippen LogP contribution in [0.2, 0.25) is 5.02 Å². The summed E-state index contributed by atoms with van der Waals surface area (Å²) >= 11 is 11.0. The second kappa shape index (κ2) is 9.51. The molecule has 1 fully saturated rings. The van der Waals surface area contributed by atoms with Crippen molar-refractivity contribution in [3.8, 4) is 5.75 Å². The average molecular weight is 500 g/mol. The number of ether oxygens (including phenoxy) is 1. The summed E-state index contributed by atoms with van der Waals surface area (Å²) in [6, 6.07) is 22.8. The summed E-state index contributed by atoms with van der Waals surface area (Å²) in [4.78, 5) is 17.3. The number of hydrogen-bond donors (Lipinski definition) is 1. The van der Waals surface area contributed by atoms with Crippen molar-refractivity contribution in [3.63, 3.8) is 0 Å². The predicted molar refractivity (Wildman–Crippen MR) is 127 cm³/mol. The van der Waals surface area contributed by atoms with Gasteiger partial charge in [-0.05, 0) is 69.7 Å². The van der Waals surface area contributed by atoms with Crippen LogP contribution < -0.4 is 10.1 Å². The van der Waals surface area contributed by atoms with E-state index >= 15 is 0 Å². The molecule has 0 saturated carbocycles. The van der Waals surface area contributed by atoms with Gasteiger partial charge in [0.15, 0.2) is 5.17 Å². The summed E-state index contributed by atoms with van der Waals surface area (Å²) < 4.78 is 6.67. The molecule has 3 aromatic rings. The van der Waals surface area contributed by atoms with Gasteiger partial charge in [0.1, 0.15) is 12.4 Å². The van der Waals surface area contributed by atoms with E-state index in [1.807, 2.05) is 78.9 Å². The van der Waals surface area contributed by atoms with Gasteiger partial charge in [0.05, 0.1) is 15.1 Å². The van der Waals surface area contributed by atoms with Crippen molar-refractivity contribution < 1.29 is 9.53 Å². The Bertz CT molecular complexity index is 1150. The number of aliphatic imine (C=N–C) groups is 1. The normalized spacial score (nSPS) is 16.1. The summed E-state index contributed by atoms with van der Waals surface area (Å²) in [5.74, 6) is 0.539. The minimum atomic E-state index is -0.162. The van der Waals surface area contributed by atoms with Gasteiger partial charge >= 0.3 is 0 Å². The van der Waals surface area contributed by atoms with Crippen molar-refractivity contribution in [3.05, 3.63) is 98.3 Å². The van der Waals surface area contributed by atoms with Crippen LogP contribution in [0.5, 0.6) is 5.75 Å². The highest BCUT2D eigenvalue weighted by Gasteiger charge is 2.23. The lowest BCUT2D eigenvalue weighted by atomic mass is 10.2. The fraction of sp³-hybridized carbons (Fsp3) is 0.0435. The standard InChI is InChI=1S/C23H16BrClN2O2S/c24-18-12-15(10-11-20(18)29-14-16-6-4-5-9-19(16)25)13-21-22(28)27-23(30-21)26-17-7-2-1-3-8-17/h1-13H,14H2,(H,26,27,28). The number of carbonyl (C=O) groups excluding carboxylic acids is 1. The third kappa shape index (κ3) is 5.14. The van der Waals surface area contributed by atoms with E-state index in [0.29, 0.717) is 27.5 Å². The summed E-state index contributed by atoms with van der Waals surface area (Å²) in [5, 5.41) is 4.04. The van der Waals surface area contributed by atoms with Gasteiger partial charge in [-0.15, -0.1) is 0 Å². The Morgan fingerprint density at radius 1 is 1.07 bits per heavy atom. The molecule has 150 valence electrons. The third-order valence-electron chi connectivity index (χ3n) is 4.23. The molecule has 0 spiro atoms. The first-order valence-corrected chi connectivity index (χ1v) is 11.1. The number of rotatable bonds is 5. The molecule has 1 heterocycles. The SMILES string of the molecule is O=C1NC(=Nc2ccccc2)SC1=Cc1ccc(OCc2ccccc2Cl)c(Br)c1. The zero-order chi connectivity index (χ0) is 20.9. The molecule has 0 unspecified atom stereocenters. The second-order valence-corrected chi connectivity index (χ2v) is 8.68. The number of benzene rings is 3. The van der Waals surface area contributed by atoms with Gasteiger partial charge in [-0.25, -0.2) is 4.99 Å². The van der Waals surface area contributed by atoms with Crippen molar-refractivity contribution in [2.45, 2.75) is 6.61 Å². The quantitative estimate of drug-likeness (QED) is 0.404. The molecule has 3 aromatic carbocycles. The lowest BCUT2D eigenvalue weighted by Gasteiger charge is -2.10. The first-order chi connectivity index (χ1) is 14.6. The average Bonchev–Trinajstić information content (AvgIpc) is 3.08. The van der Waals surface area contributed by atoms with Gasteiger partial charge in [0.2, 0.25) is 0 Å². The Kier molecular flexibility index (Phi) is 6.57. The number of hydrogen-bond acceptors (Lipinski definition) is 4. The Morgan fingerprint density at radius 2 is 1.83 bits per heavy atom. The molecule has 1 amide bonds. The maximum absolute atomic E-state index is 12.3. The molecule has 0 atom stereocenters. The molecule has 4 nitrogen and oxygen atoms in total. The highest BCUT2D eigenvalue weighted by atomic mass is 79.9. The minimum absolute atomic E-state index is 0.162. The van der Waals surface area contributed by atoms with Crippen LogP contribution in [0.25, 0.3) is 6.08 Å². The number of nitrogens with zero attached hydrogens (tertiary/aromatic N) is 1. The van der Waals surface area contributed by atoms with E-state index in [2.05, 4.69) is 26.2 Å². The van der Waals surface area contributed by atoms with Crippen LogP contribution in [-0.4, -0.2) is 11.1 Å². The minimum Gasteiger partial charge on any atom is -0.488 e. The lowest BCUT2D eigenvalue weighted by molar-refractivity contribution is -0.115. The molecule has 1 aliphatic rings. The van der Waals surface area contributed by atoms with Crippen LogP contribution in [0.1, 0.15) is 11.1 Å². The van der Waals surface area contributed by atoms with E-state index in [4.69, 9.17) is 16.3 Å². The van der Waals surface area contributed by atoms with Crippen molar-refractivity contribution in [2.24, 2.45) is 4.99 Å². The van der Waals surface area contributed by atoms with E-state index in [1.54, 1.807) is 0 Å². The zero-order valence-electron chi connectivity index (χ0n) is 15.6. The molecular formula is C23H16BrClN2O2S. The molecule has 7 heteroatoms. The highest BCUT2D eigenvalue weighted by Crippen LogP contribution is 2.31.